The van der Waals surface area contributed by atoms with Crippen molar-refractivity contribution in [1.82, 2.24) is 10.2 Å². The van der Waals surface area contributed by atoms with Crippen LogP contribution in [0.3, 0.4) is 0 Å². The highest BCUT2D eigenvalue weighted by Crippen LogP contribution is 2.12. The molecule has 0 aliphatic carbocycles. The van der Waals surface area contributed by atoms with Gasteiger partial charge in [0.15, 0.2) is 0 Å². The largest absolute Gasteiger partial charge is 0.353 e. The summed E-state index contributed by atoms with van der Waals surface area (Å²) in [5.74, 6) is -0.240. The number of nitrogens with one attached hydrogen (secondary N) is 1. The monoisotopic (exact) mass is 308 g/mol. The summed E-state index contributed by atoms with van der Waals surface area (Å²) in [5.41, 5.74) is 0.944. The Balaban J connectivity index is 2.00. The van der Waals surface area contributed by atoms with Crippen molar-refractivity contribution in [3.8, 4) is 0 Å². The normalized spacial score (nSPS) is 15.8. The fourth-order valence-electron chi connectivity index (χ4n) is 1.71. The summed E-state index contributed by atoms with van der Waals surface area (Å²) in [7, 11) is 0. The number of carbonyl (C=O) groups excluding carboxylic acids is 2. The van der Waals surface area contributed by atoms with Gasteiger partial charge in [0.05, 0.1) is 6.54 Å². The zero-order valence-electron chi connectivity index (χ0n) is 9.73. The van der Waals surface area contributed by atoms with Gasteiger partial charge in [-0.15, -0.1) is 0 Å². The first-order chi connectivity index (χ1) is 8.65. The van der Waals surface area contributed by atoms with Crippen molar-refractivity contribution in [1.29, 1.82) is 0 Å². The van der Waals surface area contributed by atoms with Crippen LogP contribution in [-0.2, 0) is 9.59 Å². The quantitative estimate of drug-likeness (QED) is 0.840. The van der Waals surface area contributed by atoms with Crippen molar-refractivity contribution in [2.75, 3.05) is 19.6 Å². The predicted molar refractivity (Wildman–Crippen MR) is 72.8 cm³/mol. The molecule has 0 radical (unpaired) electrons. The lowest BCUT2D eigenvalue weighted by Gasteiger charge is -2.25. The van der Waals surface area contributed by atoms with E-state index in [1.54, 1.807) is 6.08 Å². The number of carbonyl (C=O) groups is 2. The molecule has 94 valence electrons. The van der Waals surface area contributed by atoms with E-state index in [1.807, 2.05) is 24.3 Å². The van der Waals surface area contributed by atoms with Crippen LogP contribution in [0.4, 0.5) is 0 Å². The smallest absolute Gasteiger partial charge is 0.247 e. The van der Waals surface area contributed by atoms with Gasteiger partial charge in [-0.05, 0) is 23.8 Å². The van der Waals surface area contributed by atoms with E-state index in [-0.39, 0.29) is 18.4 Å². The number of halogens is 1. The number of benzene rings is 1. The maximum atomic E-state index is 11.8. The van der Waals surface area contributed by atoms with Gasteiger partial charge in [-0.1, -0.05) is 28.1 Å². The van der Waals surface area contributed by atoms with Gasteiger partial charge in [0.25, 0.3) is 0 Å². The molecule has 1 aliphatic rings. The van der Waals surface area contributed by atoms with Gasteiger partial charge >= 0.3 is 0 Å². The van der Waals surface area contributed by atoms with Crippen LogP contribution >= 0.6 is 15.9 Å². The average Bonchev–Trinajstić information content (AvgIpc) is 2.36. The summed E-state index contributed by atoms with van der Waals surface area (Å²) in [6, 6.07) is 7.67. The number of hydrogen-bond donors (Lipinski definition) is 1. The van der Waals surface area contributed by atoms with Crippen LogP contribution in [0.2, 0.25) is 0 Å². The summed E-state index contributed by atoms with van der Waals surface area (Å²) in [5, 5.41) is 2.68. The molecule has 1 heterocycles. The van der Waals surface area contributed by atoms with E-state index in [4.69, 9.17) is 0 Å². The van der Waals surface area contributed by atoms with E-state index >= 15 is 0 Å². The minimum absolute atomic E-state index is 0.106. The standard InChI is InChI=1S/C13H13BrN2O2/c14-11-3-1-2-10(8-11)4-5-13(18)16-7-6-15-12(17)9-16/h1-5,8H,6-7,9H2,(H,15,17)/b5-4-. The molecule has 0 spiro atoms. The fourth-order valence-corrected chi connectivity index (χ4v) is 2.13. The van der Waals surface area contributed by atoms with Crippen LogP contribution in [0.15, 0.2) is 34.8 Å². The van der Waals surface area contributed by atoms with E-state index < -0.39 is 0 Å². The second kappa shape index (κ2) is 5.82. The Kier molecular flexibility index (Phi) is 4.15. The number of hydrogen-bond acceptors (Lipinski definition) is 2. The highest BCUT2D eigenvalue weighted by molar-refractivity contribution is 9.10. The molecule has 1 aromatic rings. The van der Waals surface area contributed by atoms with Gasteiger partial charge in [-0.3, -0.25) is 9.59 Å². The third-order valence-corrected chi connectivity index (χ3v) is 3.11. The molecule has 1 N–H and O–H groups in total. The molecule has 2 amide bonds. The van der Waals surface area contributed by atoms with Crippen LogP contribution in [-0.4, -0.2) is 36.3 Å². The van der Waals surface area contributed by atoms with Gasteiger partial charge in [0, 0.05) is 23.6 Å². The van der Waals surface area contributed by atoms with Crippen LogP contribution in [0.5, 0.6) is 0 Å². The van der Waals surface area contributed by atoms with E-state index in [9.17, 15) is 9.59 Å². The van der Waals surface area contributed by atoms with Crippen LogP contribution < -0.4 is 5.32 Å². The van der Waals surface area contributed by atoms with E-state index in [0.29, 0.717) is 13.1 Å². The van der Waals surface area contributed by atoms with Crippen molar-refractivity contribution in [2.24, 2.45) is 0 Å². The first kappa shape index (κ1) is 12.8. The number of nitrogens with zero attached hydrogens (tertiary/aromatic N) is 1. The van der Waals surface area contributed by atoms with Gasteiger partial charge < -0.3 is 10.2 Å². The molecule has 18 heavy (non-hydrogen) atoms. The number of piperazine rings is 1. The van der Waals surface area contributed by atoms with Crippen molar-refractivity contribution in [2.45, 2.75) is 0 Å². The highest BCUT2D eigenvalue weighted by atomic mass is 79.9. The molecular weight excluding hydrogens is 296 g/mol. The molecule has 2 rings (SSSR count). The fraction of sp³-hybridized carbons (Fsp3) is 0.231. The zero-order valence-corrected chi connectivity index (χ0v) is 11.3. The lowest BCUT2D eigenvalue weighted by molar-refractivity contribution is -0.134. The molecule has 1 aromatic carbocycles. The minimum Gasteiger partial charge on any atom is -0.353 e. The van der Waals surface area contributed by atoms with Crippen molar-refractivity contribution >= 4 is 33.8 Å². The third-order valence-electron chi connectivity index (χ3n) is 2.62. The van der Waals surface area contributed by atoms with Crippen molar-refractivity contribution in [3.63, 3.8) is 0 Å². The average molecular weight is 309 g/mol. The molecule has 0 saturated carbocycles. The first-order valence-corrected chi connectivity index (χ1v) is 6.44. The molecular formula is C13H13BrN2O2. The lowest BCUT2D eigenvalue weighted by Crippen LogP contribution is -2.49. The van der Waals surface area contributed by atoms with Gasteiger partial charge in [0.2, 0.25) is 11.8 Å². The molecule has 4 nitrogen and oxygen atoms in total. The van der Waals surface area contributed by atoms with Crippen LogP contribution in [0.25, 0.3) is 6.08 Å². The van der Waals surface area contributed by atoms with Crippen molar-refractivity contribution in [3.05, 3.63) is 40.4 Å². The Morgan fingerprint density at radius 1 is 1.44 bits per heavy atom. The predicted octanol–water partition coefficient (Wildman–Crippen LogP) is 1.42. The molecule has 5 heteroatoms. The number of rotatable bonds is 2. The lowest BCUT2D eigenvalue weighted by atomic mass is 10.2. The second-order valence-corrected chi connectivity index (χ2v) is 4.91. The van der Waals surface area contributed by atoms with E-state index in [0.717, 1.165) is 10.0 Å². The Labute approximate surface area is 114 Å². The summed E-state index contributed by atoms with van der Waals surface area (Å²) < 4.78 is 0.967. The third kappa shape index (κ3) is 3.43. The molecule has 1 aliphatic heterocycles. The molecule has 1 saturated heterocycles. The first-order valence-electron chi connectivity index (χ1n) is 5.64. The summed E-state index contributed by atoms with van der Waals surface area (Å²) in [6.45, 7) is 1.23. The minimum atomic E-state index is -0.134. The summed E-state index contributed by atoms with van der Waals surface area (Å²) in [4.78, 5) is 24.5. The zero-order chi connectivity index (χ0) is 13.0. The summed E-state index contributed by atoms with van der Waals surface area (Å²) >= 11 is 3.37. The molecule has 1 fully saturated rings. The van der Waals surface area contributed by atoms with Crippen LogP contribution in [0, 0.1) is 0 Å². The molecule has 0 bridgehead atoms. The Bertz CT molecular complexity index is 500. The summed E-state index contributed by atoms with van der Waals surface area (Å²) in [6.07, 6.45) is 3.25. The van der Waals surface area contributed by atoms with Crippen molar-refractivity contribution < 1.29 is 9.59 Å². The molecule has 0 aromatic heterocycles. The Hall–Kier alpha value is -1.62. The maximum Gasteiger partial charge on any atom is 0.247 e. The SMILES string of the molecule is O=C1CN(C(=O)/C=C\c2cccc(Br)c2)CCN1. The van der Waals surface area contributed by atoms with Gasteiger partial charge in [-0.25, -0.2) is 0 Å². The second-order valence-electron chi connectivity index (χ2n) is 4.00. The van der Waals surface area contributed by atoms with Gasteiger partial charge in [-0.2, -0.15) is 0 Å². The van der Waals surface area contributed by atoms with Gasteiger partial charge in [0.1, 0.15) is 0 Å². The topological polar surface area (TPSA) is 49.4 Å². The Morgan fingerprint density at radius 3 is 3.00 bits per heavy atom. The maximum absolute atomic E-state index is 11.8. The molecule has 0 atom stereocenters. The highest BCUT2D eigenvalue weighted by Gasteiger charge is 2.18. The van der Waals surface area contributed by atoms with E-state index in [1.165, 1.54) is 11.0 Å². The number of amides is 2. The molecule has 0 unspecified atom stereocenters. The Morgan fingerprint density at radius 2 is 2.28 bits per heavy atom. The van der Waals surface area contributed by atoms with E-state index in [2.05, 4.69) is 21.2 Å². The van der Waals surface area contributed by atoms with Crippen LogP contribution in [0.1, 0.15) is 5.56 Å².